The van der Waals surface area contributed by atoms with Crippen molar-refractivity contribution in [2.24, 2.45) is 0 Å². The van der Waals surface area contributed by atoms with Crippen LogP contribution in [0.1, 0.15) is 88.8 Å². The van der Waals surface area contributed by atoms with Gasteiger partial charge in [0, 0.05) is 37.7 Å². The van der Waals surface area contributed by atoms with Crippen molar-refractivity contribution in [3.05, 3.63) is 65.5 Å². The quantitative estimate of drug-likeness (QED) is 0.186. The molecule has 0 spiro atoms. The molecule has 6 rings (SSSR count). The second-order valence-corrected chi connectivity index (χ2v) is 14.3. The second-order valence-electron chi connectivity index (χ2n) is 14.3. The number of likely N-dealkylation sites (N-methyl/N-ethyl adjacent to an activating group) is 1. The number of hydrogen-bond donors (Lipinski definition) is 2. The first-order chi connectivity index (χ1) is 23.1. The summed E-state index contributed by atoms with van der Waals surface area (Å²) in [5.74, 6) is 2.30. The van der Waals surface area contributed by atoms with Crippen LogP contribution in [0.3, 0.4) is 0 Å². The Bertz CT molecular complexity index is 1690. The predicted molar refractivity (Wildman–Crippen MR) is 195 cm³/mol. The number of aromatic nitrogens is 5. The molecule has 2 atom stereocenters. The van der Waals surface area contributed by atoms with E-state index >= 15 is 0 Å². The monoisotopic (exact) mass is 693 g/mol. The molecule has 0 radical (unpaired) electrons. The standard InChI is InChI=1S/C36H51N9O3.ClH/c1-7-18-45-33(23-31(41-45)36(2,3)4)38-34(46)37-29-13-14-30(28-11-9-8-10-27(28)29)48-26-12-15-32-39-40-35(44(32)24-26)43-19-16-25(17-20-43)47-22-21-42(5)6;/h8-12,15,23-25,29-30H,7,13-14,16-22H2,1-6H3,(H2,37,38,46);1H/t29-,30+;/m0./s1. The molecule has 12 nitrogen and oxygen atoms in total. The fourth-order valence-corrected chi connectivity index (χ4v) is 6.53. The summed E-state index contributed by atoms with van der Waals surface area (Å²) in [6.45, 7) is 12.7. The van der Waals surface area contributed by atoms with E-state index in [4.69, 9.17) is 14.6 Å². The summed E-state index contributed by atoms with van der Waals surface area (Å²) in [7, 11) is 4.13. The highest BCUT2D eigenvalue weighted by Crippen LogP contribution is 2.39. The lowest BCUT2D eigenvalue weighted by Crippen LogP contribution is -2.38. The van der Waals surface area contributed by atoms with Crippen molar-refractivity contribution in [3.63, 3.8) is 0 Å². The van der Waals surface area contributed by atoms with Gasteiger partial charge in [-0.15, -0.1) is 22.6 Å². The van der Waals surface area contributed by atoms with E-state index in [1.807, 2.05) is 45.6 Å². The summed E-state index contributed by atoms with van der Waals surface area (Å²) in [6, 6.07) is 13.8. The number of halogens is 1. The van der Waals surface area contributed by atoms with Crippen LogP contribution in [0.4, 0.5) is 16.6 Å². The molecule has 49 heavy (non-hydrogen) atoms. The zero-order valence-corrected chi connectivity index (χ0v) is 30.5. The van der Waals surface area contributed by atoms with Gasteiger partial charge in [0.2, 0.25) is 5.95 Å². The number of urea groups is 1. The third-order valence-corrected chi connectivity index (χ3v) is 9.22. The lowest BCUT2D eigenvalue weighted by Gasteiger charge is -2.33. The lowest BCUT2D eigenvalue weighted by atomic mass is 9.85. The Morgan fingerprint density at radius 3 is 2.49 bits per heavy atom. The molecule has 2 aliphatic rings. The van der Waals surface area contributed by atoms with Crippen molar-refractivity contribution in [1.29, 1.82) is 0 Å². The van der Waals surface area contributed by atoms with E-state index in [-0.39, 0.29) is 42.1 Å². The molecule has 266 valence electrons. The summed E-state index contributed by atoms with van der Waals surface area (Å²) in [6.07, 6.45) is 6.50. The van der Waals surface area contributed by atoms with Gasteiger partial charge in [-0.1, -0.05) is 52.0 Å². The average Bonchev–Trinajstić information content (AvgIpc) is 3.67. The minimum Gasteiger partial charge on any atom is -0.484 e. The van der Waals surface area contributed by atoms with Crippen LogP contribution < -0.4 is 20.3 Å². The molecular formula is C36H52ClN9O3. The Hall–Kier alpha value is -3.87. The third-order valence-electron chi connectivity index (χ3n) is 9.22. The molecule has 0 unspecified atom stereocenters. The van der Waals surface area contributed by atoms with Gasteiger partial charge >= 0.3 is 6.03 Å². The van der Waals surface area contributed by atoms with Gasteiger partial charge in [0.25, 0.3) is 0 Å². The number of carbonyl (C=O) groups is 1. The highest BCUT2D eigenvalue weighted by molar-refractivity contribution is 5.88. The van der Waals surface area contributed by atoms with Crippen molar-refractivity contribution < 1.29 is 14.3 Å². The van der Waals surface area contributed by atoms with Crippen LogP contribution in [0, 0.1) is 0 Å². The second kappa shape index (κ2) is 15.8. The van der Waals surface area contributed by atoms with Gasteiger partial charge in [0.1, 0.15) is 17.7 Å². The van der Waals surface area contributed by atoms with Crippen LogP contribution in [0.25, 0.3) is 5.65 Å². The number of carbonyl (C=O) groups excluding carboxylic acids is 1. The molecule has 4 aromatic rings. The summed E-state index contributed by atoms with van der Waals surface area (Å²) in [5.41, 5.74) is 3.79. The van der Waals surface area contributed by atoms with E-state index in [0.29, 0.717) is 5.82 Å². The van der Waals surface area contributed by atoms with Crippen LogP contribution in [-0.4, -0.2) is 81.8 Å². The minimum absolute atomic E-state index is 0. The Labute approximate surface area is 295 Å². The van der Waals surface area contributed by atoms with Crippen molar-refractivity contribution in [1.82, 2.24) is 34.6 Å². The van der Waals surface area contributed by atoms with Gasteiger partial charge in [-0.2, -0.15) is 5.10 Å². The molecule has 2 amide bonds. The van der Waals surface area contributed by atoms with Gasteiger partial charge in [-0.25, -0.2) is 9.48 Å². The van der Waals surface area contributed by atoms with Crippen molar-refractivity contribution in [2.45, 2.75) is 90.0 Å². The summed E-state index contributed by atoms with van der Waals surface area (Å²) in [5, 5.41) is 20.0. The average molecular weight is 694 g/mol. The zero-order valence-electron chi connectivity index (χ0n) is 29.7. The molecule has 0 saturated carbocycles. The summed E-state index contributed by atoms with van der Waals surface area (Å²) < 4.78 is 16.7. The number of amides is 2. The molecule has 2 N–H and O–H groups in total. The first-order valence-electron chi connectivity index (χ1n) is 17.4. The van der Waals surface area contributed by atoms with Crippen LogP contribution >= 0.6 is 12.4 Å². The fourth-order valence-electron chi connectivity index (χ4n) is 6.53. The van der Waals surface area contributed by atoms with Crippen molar-refractivity contribution >= 4 is 35.9 Å². The number of rotatable bonds is 11. The van der Waals surface area contributed by atoms with Crippen LogP contribution in [-0.2, 0) is 16.7 Å². The summed E-state index contributed by atoms with van der Waals surface area (Å²) >= 11 is 0. The number of piperidine rings is 1. The number of pyridine rings is 1. The van der Waals surface area contributed by atoms with Crippen molar-refractivity contribution in [3.8, 4) is 5.75 Å². The number of hydrogen-bond acceptors (Lipinski definition) is 8. The number of nitrogens with one attached hydrogen (secondary N) is 2. The molecule has 13 heteroatoms. The van der Waals surface area contributed by atoms with Crippen LogP contribution in [0.2, 0.25) is 0 Å². The Kier molecular flexibility index (Phi) is 11.7. The number of nitrogens with zero attached hydrogens (tertiary/aromatic N) is 7. The number of ether oxygens (including phenoxy) is 2. The van der Waals surface area contributed by atoms with Gasteiger partial charge in [-0.05, 0) is 69.5 Å². The molecule has 1 aliphatic carbocycles. The molecule has 4 heterocycles. The summed E-state index contributed by atoms with van der Waals surface area (Å²) in [4.78, 5) is 17.7. The molecule has 1 aromatic carbocycles. The Morgan fingerprint density at radius 2 is 1.78 bits per heavy atom. The molecule has 1 saturated heterocycles. The highest BCUT2D eigenvalue weighted by atomic mass is 35.5. The maximum atomic E-state index is 13.3. The minimum atomic E-state index is -0.235. The van der Waals surface area contributed by atoms with E-state index in [0.717, 1.165) is 99.1 Å². The Morgan fingerprint density at radius 1 is 1.02 bits per heavy atom. The fraction of sp³-hybridized carbons (Fsp3) is 0.556. The maximum absolute atomic E-state index is 13.3. The van der Waals surface area contributed by atoms with E-state index < -0.39 is 0 Å². The number of anilines is 2. The van der Waals surface area contributed by atoms with E-state index in [1.54, 1.807) is 0 Å². The highest BCUT2D eigenvalue weighted by Gasteiger charge is 2.30. The van der Waals surface area contributed by atoms with Gasteiger partial charge in [0.15, 0.2) is 5.65 Å². The molecule has 0 bridgehead atoms. The van der Waals surface area contributed by atoms with E-state index in [9.17, 15) is 4.79 Å². The topological polar surface area (TPSA) is 114 Å². The van der Waals surface area contributed by atoms with Gasteiger partial charge in [-0.3, -0.25) is 9.72 Å². The molecule has 1 aliphatic heterocycles. The lowest BCUT2D eigenvalue weighted by molar-refractivity contribution is 0.0292. The van der Waals surface area contributed by atoms with E-state index in [1.165, 1.54) is 0 Å². The molecule has 3 aromatic heterocycles. The zero-order chi connectivity index (χ0) is 33.8. The largest absolute Gasteiger partial charge is 0.484 e. The molecular weight excluding hydrogens is 642 g/mol. The van der Waals surface area contributed by atoms with Crippen LogP contribution in [0.5, 0.6) is 5.75 Å². The normalized spacial score (nSPS) is 18.3. The maximum Gasteiger partial charge on any atom is 0.320 e. The predicted octanol–water partition coefficient (Wildman–Crippen LogP) is 6.38. The Balaban J connectivity index is 0.00000468. The van der Waals surface area contributed by atoms with Crippen molar-refractivity contribution in [2.75, 3.05) is 50.6 Å². The SMILES string of the molecule is CCCn1nc(C(C)(C)C)cc1NC(=O)N[C@H]1CC[C@@H](Oc2ccc3nnc(N4CCC(OCCN(C)C)CC4)n3c2)c2ccccc21.Cl. The number of aryl methyl sites for hydroxylation is 1. The first kappa shape index (κ1) is 36.4. The smallest absolute Gasteiger partial charge is 0.320 e. The third kappa shape index (κ3) is 8.66. The van der Waals surface area contributed by atoms with Gasteiger partial charge < -0.3 is 24.6 Å². The molecule has 1 fully saturated rings. The first-order valence-corrected chi connectivity index (χ1v) is 17.4. The van der Waals surface area contributed by atoms with Gasteiger partial charge in [0.05, 0.1) is 30.6 Å². The number of fused-ring (bicyclic) bond motifs is 2. The van der Waals surface area contributed by atoms with Crippen LogP contribution in [0.15, 0.2) is 48.7 Å². The number of benzene rings is 1. The van der Waals surface area contributed by atoms with E-state index in [2.05, 4.69) is 84.6 Å².